The fraction of sp³-hybridized carbons (Fsp3) is 0.421. The zero-order chi connectivity index (χ0) is 18.9. The van der Waals surface area contributed by atoms with Crippen LogP contribution in [-0.4, -0.2) is 23.4 Å². The van der Waals surface area contributed by atoms with E-state index in [-0.39, 0.29) is 42.9 Å². The third-order valence-corrected chi connectivity index (χ3v) is 4.90. The second-order valence-corrected chi connectivity index (χ2v) is 6.55. The van der Waals surface area contributed by atoms with Crippen molar-refractivity contribution in [3.8, 4) is 5.75 Å². The van der Waals surface area contributed by atoms with Crippen molar-refractivity contribution in [2.45, 2.75) is 44.6 Å². The molecule has 1 aliphatic carbocycles. The molecule has 0 atom stereocenters. The molecular formula is C19H18F4O3. The van der Waals surface area contributed by atoms with Gasteiger partial charge in [0.2, 0.25) is 0 Å². The van der Waals surface area contributed by atoms with Crippen molar-refractivity contribution in [3.63, 3.8) is 0 Å². The van der Waals surface area contributed by atoms with Gasteiger partial charge in [0.25, 0.3) is 0 Å². The summed E-state index contributed by atoms with van der Waals surface area (Å²) in [5.41, 5.74) is 0.388. The summed E-state index contributed by atoms with van der Waals surface area (Å²) in [6, 6.07) is 7.56. The largest absolute Gasteiger partial charge is 0.490 e. The maximum atomic E-state index is 13.6. The summed E-state index contributed by atoms with van der Waals surface area (Å²) >= 11 is 0. The van der Waals surface area contributed by atoms with Crippen LogP contribution in [0.5, 0.6) is 5.75 Å². The third-order valence-electron chi connectivity index (χ3n) is 4.90. The van der Waals surface area contributed by atoms with Crippen LogP contribution in [0.25, 0.3) is 10.8 Å². The molecule has 2 aromatic carbocycles. The van der Waals surface area contributed by atoms with Crippen LogP contribution < -0.4 is 4.74 Å². The van der Waals surface area contributed by atoms with Crippen molar-refractivity contribution in [2.75, 3.05) is 0 Å². The molecular weight excluding hydrogens is 352 g/mol. The van der Waals surface area contributed by atoms with E-state index < -0.39 is 24.7 Å². The molecule has 1 fully saturated rings. The van der Waals surface area contributed by atoms with Gasteiger partial charge in [-0.05, 0) is 54.7 Å². The first kappa shape index (κ1) is 18.5. The quantitative estimate of drug-likeness (QED) is 0.722. The SMILES string of the molecule is O=C(O)c1ccc2c(CF)c(OC3CCC(C(F)(F)F)CC3)ccc2c1. The molecule has 1 aliphatic rings. The molecule has 140 valence electrons. The summed E-state index contributed by atoms with van der Waals surface area (Å²) in [5, 5.41) is 10.2. The number of alkyl halides is 4. The summed E-state index contributed by atoms with van der Waals surface area (Å²) in [4.78, 5) is 11.0. The molecule has 7 heteroatoms. The summed E-state index contributed by atoms with van der Waals surface area (Å²) in [6.45, 7) is -0.809. The molecule has 1 saturated carbocycles. The van der Waals surface area contributed by atoms with Crippen LogP contribution in [0.15, 0.2) is 30.3 Å². The summed E-state index contributed by atoms with van der Waals surface area (Å²) in [6.07, 6.45) is -4.00. The Morgan fingerprint density at radius 1 is 1.12 bits per heavy atom. The number of carboxylic acid groups (broad SMARTS) is 1. The molecule has 0 radical (unpaired) electrons. The van der Waals surface area contributed by atoms with Gasteiger partial charge in [-0.3, -0.25) is 0 Å². The zero-order valence-electron chi connectivity index (χ0n) is 13.9. The van der Waals surface area contributed by atoms with E-state index in [1.54, 1.807) is 12.1 Å². The summed E-state index contributed by atoms with van der Waals surface area (Å²) < 4.78 is 57.6. The van der Waals surface area contributed by atoms with Gasteiger partial charge in [0.05, 0.1) is 17.6 Å². The average Bonchev–Trinajstić information content (AvgIpc) is 2.60. The van der Waals surface area contributed by atoms with Crippen LogP contribution >= 0.6 is 0 Å². The van der Waals surface area contributed by atoms with Gasteiger partial charge in [-0.1, -0.05) is 12.1 Å². The van der Waals surface area contributed by atoms with E-state index >= 15 is 0 Å². The fourth-order valence-corrected chi connectivity index (χ4v) is 3.44. The molecule has 0 spiro atoms. The maximum Gasteiger partial charge on any atom is 0.391 e. The van der Waals surface area contributed by atoms with Crippen molar-refractivity contribution in [3.05, 3.63) is 41.5 Å². The van der Waals surface area contributed by atoms with Gasteiger partial charge in [0.1, 0.15) is 12.4 Å². The smallest absolute Gasteiger partial charge is 0.391 e. The van der Waals surface area contributed by atoms with Gasteiger partial charge in [0.15, 0.2) is 0 Å². The predicted molar refractivity (Wildman–Crippen MR) is 88.1 cm³/mol. The lowest BCUT2D eigenvalue weighted by Gasteiger charge is -2.30. The van der Waals surface area contributed by atoms with Crippen LogP contribution in [-0.2, 0) is 6.67 Å². The second kappa shape index (κ2) is 7.13. The Morgan fingerprint density at radius 2 is 1.81 bits per heavy atom. The lowest BCUT2D eigenvalue weighted by molar-refractivity contribution is -0.185. The van der Waals surface area contributed by atoms with Crippen LogP contribution in [0.4, 0.5) is 17.6 Å². The van der Waals surface area contributed by atoms with Crippen LogP contribution in [0.1, 0.15) is 41.6 Å². The van der Waals surface area contributed by atoms with E-state index in [4.69, 9.17) is 9.84 Å². The molecule has 3 rings (SSSR count). The molecule has 0 bridgehead atoms. The normalized spacial score (nSPS) is 20.9. The fourth-order valence-electron chi connectivity index (χ4n) is 3.44. The Morgan fingerprint density at radius 3 is 2.38 bits per heavy atom. The first-order valence-corrected chi connectivity index (χ1v) is 8.38. The van der Waals surface area contributed by atoms with E-state index in [0.29, 0.717) is 16.5 Å². The Hall–Kier alpha value is -2.31. The lowest BCUT2D eigenvalue weighted by Crippen LogP contribution is -2.32. The summed E-state index contributed by atoms with van der Waals surface area (Å²) in [7, 11) is 0. The number of benzene rings is 2. The lowest BCUT2D eigenvalue weighted by atomic mass is 9.87. The molecule has 0 amide bonds. The molecule has 0 unspecified atom stereocenters. The average molecular weight is 370 g/mol. The maximum absolute atomic E-state index is 13.6. The van der Waals surface area contributed by atoms with E-state index in [9.17, 15) is 22.4 Å². The van der Waals surface area contributed by atoms with Crippen LogP contribution in [0.3, 0.4) is 0 Å². The zero-order valence-corrected chi connectivity index (χ0v) is 13.9. The van der Waals surface area contributed by atoms with Crippen molar-refractivity contribution < 1.29 is 32.2 Å². The Labute approximate surface area is 147 Å². The van der Waals surface area contributed by atoms with Crippen LogP contribution in [0, 0.1) is 5.92 Å². The van der Waals surface area contributed by atoms with Gasteiger partial charge in [0, 0.05) is 5.56 Å². The van der Waals surface area contributed by atoms with Gasteiger partial charge in [-0.25, -0.2) is 9.18 Å². The molecule has 0 aromatic heterocycles. The van der Waals surface area contributed by atoms with E-state index in [2.05, 4.69) is 0 Å². The van der Waals surface area contributed by atoms with Crippen molar-refractivity contribution in [1.29, 1.82) is 0 Å². The predicted octanol–water partition coefficient (Wildman–Crippen LogP) is 5.51. The topological polar surface area (TPSA) is 46.5 Å². The van der Waals surface area contributed by atoms with Gasteiger partial charge < -0.3 is 9.84 Å². The number of aromatic carboxylic acids is 1. The van der Waals surface area contributed by atoms with Crippen molar-refractivity contribution in [1.82, 2.24) is 0 Å². The van der Waals surface area contributed by atoms with E-state index in [1.165, 1.54) is 18.2 Å². The minimum atomic E-state index is -4.18. The monoisotopic (exact) mass is 370 g/mol. The first-order valence-electron chi connectivity index (χ1n) is 8.38. The molecule has 3 nitrogen and oxygen atoms in total. The van der Waals surface area contributed by atoms with E-state index in [0.717, 1.165) is 0 Å². The molecule has 2 aromatic rings. The molecule has 0 aliphatic heterocycles. The van der Waals surface area contributed by atoms with Crippen LogP contribution in [0.2, 0.25) is 0 Å². The Balaban J connectivity index is 1.80. The number of hydrogen-bond donors (Lipinski definition) is 1. The Bertz CT molecular complexity index is 808. The number of fused-ring (bicyclic) bond motifs is 1. The standard InChI is InChI=1S/C19H18F4O3/c20-10-16-15-7-1-12(18(24)25)9-11(15)2-8-17(16)26-14-5-3-13(4-6-14)19(21,22)23/h1-2,7-9,13-14H,3-6,10H2,(H,24,25). The number of rotatable bonds is 4. The molecule has 0 saturated heterocycles. The van der Waals surface area contributed by atoms with Crippen molar-refractivity contribution in [2.24, 2.45) is 5.92 Å². The minimum Gasteiger partial charge on any atom is -0.490 e. The molecule has 1 N–H and O–H groups in total. The number of halogens is 4. The number of ether oxygens (including phenoxy) is 1. The Kier molecular flexibility index (Phi) is 5.07. The minimum absolute atomic E-state index is 0.00861. The number of carbonyl (C=O) groups is 1. The molecule has 26 heavy (non-hydrogen) atoms. The van der Waals surface area contributed by atoms with Gasteiger partial charge >= 0.3 is 12.1 Å². The molecule has 0 heterocycles. The number of carboxylic acids is 1. The van der Waals surface area contributed by atoms with Gasteiger partial charge in [-0.15, -0.1) is 0 Å². The summed E-state index contributed by atoms with van der Waals surface area (Å²) in [5.74, 6) is -2.07. The first-order chi connectivity index (χ1) is 12.3. The highest BCUT2D eigenvalue weighted by atomic mass is 19.4. The number of hydrogen-bond acceptors (Lipinski definition) is 2. The van der Waals surface area contributed by atoms with Crippen molar-refractivity contribution >= 4 is 16.7 Å². The second-order valence-electron chi connectivity index (χ2n) is 6.55. The highest BCUT2D eigenvalue weighted by Gasteiger charge is 2.41. The van der Waals surface area contributed by atoms with Gasteiger partial charge in [-0.2, -0.15) is 13.2 Å². The highest BCUT2D eigenvalue weighted by Crippen LogP contribution is 2.39. The third kappa shape index (κ3) is 3.76. The highest BCUT2D eigenvalue weighted by molar-refractivity contribution is 5.96. The van der Waals surface area contributed by atoms with E-state index in [1.807, 2.05) is 0 Å².